The third-order valence-electron chi connectivity index (χ3n) is 4.17. The smallest absolute Gasteiger partial charge is 0.230 e. The van der Waals surface area contributed by atoms with Crippen LogP contribution in [0.15, 0.2) is 48.5 Å². The van der Waals surface area contributed by atoms with Crippen molar-refractivity contribution >= 4 is 22.4 Å². The molecule has 126 valence electrons. The Morgan fingerprint density at radius 1 is 1.20 bits per heavy atom. The molecule has 0 unspecified atom stereocenters. The zero-order chi connectivity index (χ0) is 17.2. The van der Waals surface area contributed by atoms with Gasteiger partial charge in [0.1, 0.15) is 5.75 Å². The fraction of sp³-hybridized carbons (Fsp3) is 0.200. The summed E-state index contributed by atoms with van der Waals surface area (Å²) in [6.07, 6.45) is 1.23. The van der Waals surface area contributed by atoms with E-state index >= 15 is 0 Å². The highest BCUT2D eigenvalue weighted by Gasteiger charge is 2.23. The maximum absolute atomic E-state index is 12.3. The third-order valence-corrected chi connectivity index (χ3v) is 5.14. The molecule has 0 fully saturated rings. The van der Waals surface area contributed by atoms with E-state index in [1.807, 2.05) is 37.3 Å². The topological polar surface area (TPSA) is 51.2 Å². The normalized spacial score (nSPS) is 11.7. The predicted molar refractivity (Wildman–Crippen MR) is 100 cm³/mol. The first kappa shape index (κ1) is 15.8. The number of thiazole rings is 1. The summed E-state index contributed by atoms with van der Waals surface area (Å²) in [6.45, 7) is 2.59. The maximum atomic E-state index is 12.3. The van der Waals surface area contributed by atoms with E-state index in [0.29, 0.717) is 18.2 Å². The monoisotopic (exact) mass is 350 g/mol. The molecule has 1 amide bonds. The Morgan fingerprint density at radius 3 is 2.80 bits per heavy atom. The summed E-state index contributed by atoms with van der Waals surface area (Å²) in [5.74, 6) is 0.770. The minimum absolute atomic E-state index is 0.0510. The zero-order valence-electron chi connectivity index (χ0n) is 13.9. The van der Waals surface area contributed by atoms with E-state index < -0.39 is 0 Å². The lowest BCUT2D eigenvalue weighted by Gasteiger charge is -2.05. The van der Waals surface area contributed by atoms with E-state index in [4.69, 9.17) is 4.74 Å². The van der Waals surface area contributed by atoms with Gasteiger partial charge in [-0.1, -0.05) is 36.4 Å². The molecule has 0 saturated heterocycles. The van der Waals surface area contributed by atoms with Crippen LogP contribution in [0.1, 0.15) is 22.9 Å². The van der Waals surface area contributed by atoms with Gasteiger partial charge in [0.25, 0.3) is 0 Å². The van der Waals surface area contributed by atoms with Gasteiger partial charge >= 0.3 is 0 Å². The van der Waals surface area contributed by atoms with E-state index in [0.717, 1.165) is 23.4 Å². The molecular weight excluding hydrogens is 332 g/mol. The van der Waals surface area contributed by atoms with Gasteiger partial charge in [-0.25, -0.2) is 4.98 Å². The molecule has 25 heavy (non-hydrogen) atoms. The largest absolute Gasteiger partial charge is 0.494 e. The first-order chi connectivity index (χ1) is 12.2. The first-order valence-corrected chi connectivity index (χ1v) is 9.14. The Balaban J connectivity index is 1.42. The molecular formula is C20H18N2O2S. The average Bonchev–Trinajstić information content (AvgIpc) is 3.14. The van der Waals surface area contributed by atoms with Gasteiger partial charge in [-0.05, 0) is 30.2 Å². The molecule has 0 aliphatic heterocycles. The van der Waals surface area contributed by atoms with E-state index in [1.54, 1.807) is 11.3 Å². The second-order valence-corrected chi connectivity index (χ2v) is 7.01. The highest BCUT2D eigenvalue weighted by molar-refractivity contribution is 7.16. The van der Waals surface area contributed by atoms with Crippen LogP contribution in [0.25, 0.3) is 11.3 Å². The summed E-state index contributed by atoms with van der Waals surface area (Å²) in [4.78, 5) is 18.1. The number of rotatable bonds is 5. The summed E-state index contributed by atoms with van der Waals surface area (Å²) in [7, 11) is 0. The van der Waals surface area contributed by atoms with E-state index in [2.05, 4.69) is 28.5 Å². The highest BCUT2D eigenvalue weighted by Crippen LogP contribution is 2.40. The molecule has 0 bridgehead atoms. The van der Waals surface area contributed by atoms with Crippen molar-refractivity contribution in [3.05, 3.63) is 64.5 Å². The quantitative estimate of drug-likeness (QED) is 0.584. The van der Waals surface area contributed by atoms with Gasteiger partial charge in [0, 0.05) is 16.9 Å². The van der Waals surface area contributed by atoms with E-state index in [1.165, 1.54) is 16.0 Å². The van der Waals surface area contributed by atoms with Crippen LogP contribution in [0.2, 0.25) is 0 Å². The Hall–Kier alpha value is -2.66. The number of carbonyl (C=O) groups is 1. The van der Waals surface area contributed by atoms with Crippen LogP contribution in [-0.4, -0.2) is 17.5 Å². The van der Waals surface area contributed by atoms with Crippen LogP contribution in [0.5, 0.6) is 5.75 Å². The van der Waals surface area contributed by atoms with Crippen molar-refractivity contribution in [2.45, 2.75) is 19.8 Å². The molecule has 1 aliphatic rings. The number of fused-ring (bicyclic) bond motifs is 3. The fourth-order valence-corrected chi connectivity index (χ4v) is 4.05. The third kappa shape index (κ3) is 3.28. The van der Waals surface area contributed by atoms with Crippen LogP contribution >= 0.6 is 11.3 Å². The average molecular weight is 350 g/mol. The van der Waals surface area contributed by atoms with Gasteiger partial charge in [-0.3, -0.25) is 4.79 Å². The van der Waals surface area contributed by atoms with Gasteiger partial charge in [0.05, 0.1) is 18.7 Å². The maximum Gasteiger partial charge on any atom is 0.230 e. The number of benzene rings is 2. The number of ether oxygens (including phenoxy) is 1. The SMILES string of the molecule is CCOc1ccc(CC(=O)Nc2nc3c(s2)Cc2ccccc2-3)cc1. The van der Waals surface area contributed by atoms with Crippen LogP contribution in [0, 0.1) is 0 Å². The number of carbonyl (C=O) groups excluding carboxylic acids is 1. The number of hydrogen-bond donors (Lipinski definition) is 1. The minimum atomic E-state index is -0.0510. The minimum Gasteiger partial charge on any atom is -0.494 e. The van der Waals surface area contributed by atoms with Crippen molar-refractivity contribution in [2.75, 3.05) is 11.9 Å². The van der Waals surface area contributed by atoms with Gasteiger partial charge in [0.2, 0.25) is 5.91 Å². The molecule has 5 heteroatoms. The van der Waals surface area contributed by atoms with Gasteiger partial charge < -0.3 is 10.1 Å². The standard InChI is InChI=1S/C20H18N2O2S/c1-2-24-15-9-7-13(8-10-15)11-18(23)21-20-22-19-16-6-4-3-5-14(16)12-17(19)25-20/h3-10H,2,11-12H2,1H3,(H,21,22,23). The molecule has 2 aromatic carbocycles. The molecule has 1 aromatic heterocycles. The van der Waals surface area contributed by atoms with Gasteiger partial charge in [-0.15, -0.1) is 11.3 Å². The van der Waals surface area contributed by atoms with Crippen molar-refractivity contribution in [1.29, 1.82) is 0 Å². The van der Waals surface area contributed by atoms with Gasteiger partial charge in [-0.2, -0.15) is 0 Å². The summed E-state index contributed by atoms with van der Waals surface area (Å²) >= 11 is 1.56. The number of anilines is 1. The van der Waals surface area contributed by atoms with Crippen LogP contribution in [0.4, 0.5) is 5.13 Å². The van der Waals surface area contributed by atoms with Crippen molar-refractivity contribution in [3.8, 4) is 17.0 Å². The molecule has 1 heterocycles. The fourth-order valence-electron chi connectivity index (χ4n) is 3.03. The first-order valence-electron chi connectivity index (χ1n) is 8.32. The van der Waals surface area contributed by atoms with Crippen LogP contribution in [0.3, 0.4) is 0 Å². The van der Waals surface area contributed by atoms with Crippen LogP contribution in [-0.2, 0) is 17.6 Å². The number of hydrogen-bond acceptors (Lipinski definition) is 4. The molecule has 0 atom stereocenters. The van der Waals surface area contributed by atoms with Crippen molar-refractivity contribution in [1.82, 2.24) is 4.98 Å². The second kappa shape index (κ2) is 6.69. The van der Waals surface area contributed by atoms with Crippen molar-refractivity contribution in [3.63, 3.8) is 0 Å². The van der Waals surface area contributed by atoms with Crippen LogP contribution < -0.4 is 10.1 Å². The number of nitrogens with one attached hydrogen (secondary N) is 1. The molecule has 0 saturated carbocycles. The molecule has 0 radical (unpaired) electrons. The highest BCUT2D eigenvalue weighted by atomic mass is 32.1. The summed E-state index contributed by atoms with van der Waals surface area (Å²) in [6, 6.07) is 15.9. The summed E-state index contributed by atoms with van der Waals surface area (Å²) < 4.78 is 5.42. The Labute approximate surface area is 150 Å². The molecule has 1 N–H and O–H groups in total. The predicted octanol–water partition coefficient (Wildman–Crippen LogP) is 4.29. The molecule has 3 aromatic rings. The zero-order valence-corrected chi connectivity index (χ0v) is 14.7. The van der Waals surface area contributed by atoms with Crippen molar-refractivity contribution < 1.29 is 9.53 Å². The van der Waals surface area contributed by atoms with Crippen molar-refractivity contribution in [2.24, 2.45) is 0 Å². The lowest BCUT2D eigenvalue weighted by atomic mass is 10.1. The number of nitrogens with zero attached hydrogens (tertiary/aromatic N) is 1. The molecule has 1 aliphatic carbocycles. The van der Waals surface area contributed by atoms with E-state index in [-0.39, 0.29) is 5.91 Å². The summed E-state index contributed by atoms with van der Waals surface area (Å²) in [5.41, 5.74) is 4.46. The second-order valence-electron chi connectivity index (χ2n) is 5.93. The van der Waals surface area contributed by atoms with E-state index in [9.17, 15) is 4.79 Å². The summed E-state index contributed by atoms with van der Waals surface area (Å²) in [5, 5.41) is 3.60. The Kier molecular flexibility index (Phi) is 4.24. The number of amides is 1. The lowest BCUT2D eigenvalue weighted by molar-refractivity contribution is -0.115. The Morgan fingerprint density at radius 2 is 2.00 bits per heavy atom. The lowest BCUT2D eigenvalue weighted by Crippen LogP contribution is -2.14. The Bertz CT molecular complexity index is 916. The molecule has 0 spiro atoms. The number of aromatic nitrogens is 1. The molecule has 4 nitrogen and oxygen atoms in total. The van der Waals surface area contributed by atoms with Gasteiger partial charge in [0.15, 0.2) is 5.13 Å². The molecule has 4 rings (SSSR count).